The molecule has 2 aromatic rings. The number of hydrogen-bond donors (Lipinski definition) is 0. The predicted molar refractivity (Wildman–Crippen MR) is 107 cm³/mol. The van der Waals surface area contributed by atoms with Crippen LogP contribution in [0.3, 0.4) is 0 Å². The normalized spacial score (nSPS) is 15.0. The predicted octanol–water partition coefficient (Wildman–Crippen LogP) is 3.24. The third-order valence-corrected chi connectivity index (χ3v) is 4.64. The van der Waals surface area contributed by atoms with E-state index < -0.39 is 0 Å². The average Bonchev–Trinajstić information content (AvgIpc) is 2.68. The van der Waals surface area contributed by atoms with Gasteiger partial charge in [-0.15, -0.1) is 10.2 Å². The molecule has 0 bridgehead atoms. The zero-order valence-electron chi connectivity index (χ0n) is 16.6. The molecule has 2 heterocycles. The van der Waals surface area contributed by atoms with E-state index in [9.17, 15) is 4.79 Å². The van der Waals surface area contributed by atoms with Crippen molar-refractivity contribution in [3.8, 4) is 17.0 Å². The summed E-state index contributed by atoms with van der Waals surface area (Å²) in [7, 11) is 0. The van der Waals surface area contributed by atoms with E-state index in [1.165, 1.54) is 0 Å². The number of rotatable bonds is 4. The number of anilines is 1. The Hall–Kier alpha value is -2.63. The number of hydrogen-bond acceptors (Lipinski definition) is 5. The molecule has 6 nitrogen and oxygen atoms in total. The van der Waals surface area contributed by atoms with E-state index in [0.717, 1.165) is 49.0 Å². The minimum atomic E-state index is -0.332. The quantitative estimate of drug-likeness (QED) is 0.829. The highest BCUT2D eigenvalue weighted by atomic mass is 16.5. The van der Waals surface area contributed by atoms with Crippen LogP contribution in [0.15, 0.2) is 36.4 Å². The van der Waals surface area contributed by atoms with Crippen LogP contribution in [0.4, 0.5) is 5.82 Å². The van der Waals surface area contributed by atoms with Crippen LogP contribution in [-0.2, 0) is 4.79 Å². The summed E-state index contributed by atoms with van der Waals surface area (Å²) in [5.41, 5.74) is 1.52. The number of benzene rings is 1. The van der Waals surface area contributed by atoms with E-state index >= 15 is 0 Å². The topological polar surface area (TPSA) is 58.6 Å². The van der Waals surface area contributed by atoms with Gasteiger partial charge in [0.25, 0.3) is 0 Å². The van der Waals surface area contributed by atoms with E-state index in [4.69, 9.17) is 4.74 Å². The van der Waals surface area contributed by atoms with Gasteiger partial charge in [0.2, 0.25) is 5.91 Å². The second-order valence-electron chi connectivity index (χ2n) is 7.76. The van der Waals surface area contributed by atoms with Crippen molar-refractivity contribution in [2.45, 2.75) is 27.7 Å². The fraction of sp³-hybridized carbons (Fsp3) is 0.476. The van der Waals surface area contributed by atoms with Crippen LogP contribution in [-0.4, -0.2) is 53.8 Å². The monoisotopic (exact) mass is 368 g/mol. The first-order valence-corrected chi connectivity index (χ1v) is 9.50. The lowest BCUT2D eigenvalue weighted by Gasteiger charge is -2.38. The first-order chi connectivity index (χ1) is 12.9. The molecule has 0 saturated carbocycles. The van der Waals surface area contributed by atoms with Gasteiger partial charge in [0.1, 0.15) is 5.75 Å². The second kappa shape index (κ2) is 7.94. The Morgan fingerprint density at radius 3 is 2.19 bits per heavy atom. The van der Waals surface area contributed by atoms with Gasteiger partial charge in [-0.3, -0.25) is 4.79 Å². The van der Waals surface area contributed by atoms with Crippen molar-refractivity contribution in [3.63, 3.8) is 0 Å². The highest BCUT2D eigenvalue weighted by Crippen LogP contribution is 2.23. The molecule has 144 valence electrons. The van der Waals surface area contributed by atoms with Crippen LogP contribution in [0.25, 0.3) is 11.3 Å². The zero-order chi connectivity index (χ0) is 19.4. The van der Waals surface area contributed by atoms with Crippen LogP contribution in [0.1, 0.15) is 27.7 Å². The maximum atomic E-state index is 12.4. The maximum Gasteiger partial charge on any atom is 0.228 e. The van der Waals surface area contributed by atoms with E-state index in [0.29, 0.717) is 6.61 Å². The molecule has 27 heavy (non-hydrogen) atoms. The largest absolute Gasteiger partial charge is 0.494 e. The van der Waals surface area contributed by atoms with Crippen molar-refractivity contribution in [2.24, 2.45) is 5.41 Å². The van der Waals surface area contributed by atoms with Crippen LogP contribution >= 0.6 is 0 Å². The van der Waals surface area contributed by atoms with Crippen LogP contribution < -0.4 is 9.64 Å². The summed E-state index contributed by atoms with van der Waals surface area (Å²) in [6.07, 6.45) is 0. The van der Waals surface area contributed by atoms with Crippen molar-refractivity contribution in [1.29, 1.82) is 0 Å². The molecule has 0 aliphatic carbocycles. The Labute approximate surface area is 161 Å². The summed E-state index contributed by atoms with van der Waals surface area (Å²) in [5, 5.41) is 8.78. The van der Waals surface area contributed by atoms with Crippen LogP contribution in [0.5, 0.6) is 5.75 Å². The third-order valence-electron chi connectivity index (χ3n) is 4.64. The van der Waals surface area contributed by atoms with Crippen LogP contribution in [0, 0.1) is 5.41 Å². The third kappa shape index (κ3) is 4.56. The van der Waals surface area contributed by atoms with E-state index in [2.05, 4.69) is 15.1 Å². The molecule has 0 radical (unpaired) electrons. The van der Waals surface area contributed by atoms with Crippen LogP contribution in [0.2, 0.25) is 0 Å². The van der Waals surface area contributed by atoms with Gasteiger partial charge in [0.05, 0.1) is 12.3 Å². The molecule has 1 aromatic carbocycles. The van der Waals surface area contributed by atoms with Gasteiger partial charge in [-0.25, -0.2) is 0 Å². The number of carbonyl (C=O) groups is 1. The number of carbonyl (C=O) groups excluding carboxylic acids is 1. The summed E-state index contributed by atoms with van der Waals surface area (Å²) >= 11 is 0. The molecule has 0 spiro atoms. The Morgan fingerprint density at radius 1 is 1.00 bits per heavy atom. The summed E-state index contributed by atoms with van der Waals surface area (Å²) in [6.45, 7) is 11.5. The zero-order valence-corrected chi connectivity index (χ0v) is 16.6. The number of amides is 1. The molecular formula is C21H28N4O2. The smallest absolute Gasteiger partial charge is 0.228 e. The van der Waals surface area contributed by atoms with Gasteiger partial charge in [-0.1, -0.05) is 20.8 Å². The van der Waals surface area contributed by atoms with Gasteiger partial charge in [0, 0.05) is 37.2 Å². The minimum Gasteiger partial charge on any atom is -0.494 e. The van der Waals surface area contributed by atoms with Gasteiger partial charge in [0.15, 0.2) is 5.82 Å². The maximum absolute atomic E-state index is 12.4. The molecule has 1 aromatic heterocycles. The highest BCUT2D eigenvalue weighted by molar-refractivity contribution is 5.81. The summed E-state index contributed by atoms with van der Waals surface area (Å²) in [5.74, 6) is 1.92. The molecule has 1 aliphatic heterocycles. The molecule has 1 amide bonds. The summed E-state index contributed by atoms with van der Waals surface area (Å²) < 4.78 is 5.47. The second-order valence-corrected chi connectivity index (χ2v) is 7.76. The lowest BCUT2D eigenvalue weighted by atomic mass is 9.94. The van der Waals surface area contributed by atoms with Crippen molar-refractivity contribution in [1.82, 2.24) is 15.1 Å². The van der Waals surface area contributed by atoms with Gasteiger partial charge < -0.3 is 14.5 Å². The molecule has 1 saturated heterocycles. The molecule has 1 fully saturated rings. The standard InChI is InChI=1S/C21H28N4O2/c1-5-27-17-8-6-16(7-9-17)18-10-11-19(23-22-18)24-12-14-25(15-13-24)20(26)21(2,3)4/h6-11H,5,12-15H2,1-4H3. The summed E-state index contributed by atoms with van der Waals surface area (Å²) in [6, 6.07) is 11.9. The van der Waals surface area contributed by atoms with E-state index in [-0.39, 0.29) is 11.3 Å². The number of nitrogens with zero attached hydrogens (tertiary/aromatic N) is 4. The molecular weight excluding hydrogens is 340 g/mol. The minimum absolute atomic E-state index is 0.207. The highest BCUT2D eigenvalue weighted by Gasteiger charge is 2.30. The Kier molecular flexibility index (Phi) is 5.63. The van der Waals surface area contributed by atoms with Gasteiger partial charge >= 0.3 is 0 Å². The first kappa shape index (κ1) is 19.1. The molecule has 3 rings (SSSR count). The van der Waals surface area contributed by atoms with Crippen molar-refractivity contribution in [2.75, 3.05) is 37.7 Å². The summed E-state index contributed by atoms with van der Waals surface area (Å²) in [4.78, 5) is 16.5. The molecule has 0 N–H and O–H groups in total. The van der Waals surface area contributed by atoms with Gasteiger partial charge in [-0.2, -0.15) is 0 Å². The Morgan fingerprint density at radius 2 is 1.67 bits per heavy atom. The molecule has 1 aliphatic rings. The molecule has 6 heteroatoms. The number of piperazine rings is 1. The first-order valence-electron chi connectivity index (χ1n) is 9.50. The van der Waals surface area contributed by atoms with Crippen molar-refractivity contribution >= 4 is 11.7 Å². The van der Waals surface area contributed by atoms with Gasteiger partial charge in [-0.05, 0) is 43.3 Å². The number of aromatic nitrogens is 2. The fourth-order valence-corrected chi connectivity index (χ4v) is 3.15. The van der Waals surface area contributed by atoms with E-state index in [1.807, 2.05) is 69.0 Å². The number of ether oxygens (including phenoxy) is 1. The lowest BCUT2D eigenvalue weighted by molar-refractivity contribution is -0.139. The SMILES string of the molecule is CCOc1ccc(-c2ccc(N3CCN(C(=O)C(C)(C)C)CC3)nn2)cc1. The fourth-order valence-electron chi connectivity index (χ4n) is 3.15. The van der Waals surface area contributed by atoms with Crippen molar-refractivity contribution < 1.29 is 9.53 Å². The van der Waals surface area contributed by atoms with Crippen molar-refractivity contribution in [3.05, 3.63) is 36.4 Å². The molecule has 0 atom stereocenters. The van der Waals surface area contributed by atoms with E-state index in [1.54, 1.807) is 0 Å². The lowest BCUT2D eigenvalue weighted by Crippen LogP contribution is -2.51. The Balaban J connectivity index is 1.62. The average molecular weight is 368 g/mol. The Bertz CT molecular complexity index is 758. The molecule has 0 unspecified atom stereocenters.